The van der Waals surface area contributed by atoms with Crippen LogP contribution in [0.2, 0.25) is 0 Å². The fourth-order valence-electron chi connectivity index (χ4n) is 4.33. The number of nitrogens with zero attached hydrogens (tertiary/aromatic N) is 4. The van der Waals surface area contributed by atoms with E-state index >= 15 is 0 Å². The maximum absolute atomic E-state index is 12.4. The number of hydrogen-bond donors (Lipinski definition) is 2. The zero-order valence-corrected chi connectivity index (χ0v) is 18.4. The summed E-state index contributed by atoms with van der Waals surface area (Å²) in [6.07, 6.45) is 0.930. The number of carbonyl (C=O) groups is 1. The molecule has 4 aromatic rings. The molecule has 9 heteroatoms. The second kappa shape index (κ2) is 7.57. The Morgan fingerprint density at radius 3 is 2.55 bits per heavy atom. The first kappa shape index (κ1) is 20.6. The molecule has 0 saturated heterocycles. The van der Waals surface area contributed by atoms with Gasteiger partial charge in [0.2, 0.25) is 5.91 Å². The van der Waals surface area contributed by atoms with Gasteiger partial charge >= 0.3 is 5.69 Å². The molecule has 1 aromatic carbocycles. The molecule has 162 valence electrons. The molecule has 3 N–H and O–H groups in total. The highest BCUT2D eigenvalue weighted by Crippen LogP contribution is 2.37. The van der Waals surface area contributed by atoms with Crippen LogP contribution in [0.5, 0.6) is 0 Å². The number of carbonyl (C=O) groups excluding carboxylic acids is 1. The summed E-state index contributed by atoms with van der Waals surface area (Å²) in [4.78, 5) is 26.5. The van der Waals surface area contributed by atoms with Crippen molar-refractivity contribution >= 4 is 16.9 Å². The van der Waals surface area contributed by atoms with E-state index in [1.807, 2.05) is 38.4 Å². The summed E-state index contributed by atoms with van der Waals surface area (Å²) in [5.74, 6) is 0.398. The van der Waals surface area contributed by atoms with Crippen molar-refractivity contribution < 1.29 is 9.32 Å². The molecule has 9 nitrogen and oxygen atoms in total. The number of nitrogens with two attached hydrogens (primary N) is 1. The third-order valence-corrected chi connectivity index (χ3v) is 5.76. The number of nitrogens with one attached hydrogen (secondary N) is 1. The smallest absolute Gasteiger partial charge is 0.326 e. The highest BCUT2D eigenvalue weighted by molar-refractivity contribution is 5.97. The average Bonchev–Trinajstić information content (AvgIpc) is 3.28. The molecule has 0 aliphatic heterocycles. The van der Waals surface area contributed by atoms with E-state index in [-0.39, 0.29) is 11.6 Å². The van der Waals surface area contributed by atoms with Gasteiger partial charge in [-0.2, -0.15) is 5.10 Å². The van der Waals surface area contributed by atoms with Crippen molar-refractivity contribution in [2.45, 2.75) is 47.1 Å². The van der Waals surface area contributed by atoms with Gasteiger partial charge in [0, 0.05) is 42.4 Å². The second-order valence-electron chi connectivity index (χ2n) is 7.95. The summed E-state index contributed by atoms with van der Waals surface area (Å²) >= 11 is 0. The topological polar surface area (TPSA) is 125 Å². The number of aryl methyl sites for hydroxylation is 5. The number of imidazole rings is 1. The van der Waals surface area contributed by atoms with Crippen molar-refractivity contribution in [3.8, 4) is 22.3 Å². The Morgan fingerprint density at radius 2 is 1.90 bits per heavy atom. The molecule has 31 heavy (non-hydrogen) atoms. The van der Waals surface area contributed by atoms with Gasteiger partial charge < -0.3 is 15.2 Å². The van der Waals surface area contributed by atoms with E-state index in [0.29, 0.717) is 19.4 Å². The quantitative estimate of drug-likeness (QED) is 0.494. The lowest BCUT2D eigenvalue weighted by molar-refractivity contribution is -0.118. The lowest BCUT2D eigenvalue weighted by Crippen LogP contribution is -2.12. The third kappa shape index (κ3) is 3.45. The van der Waals surface area contributed by atoms with Gasteiger partial charge in [-0.3, -0.25) is 14.0 Å². The highest BCUT2D eigenvalue weighted by atomic mass is 16.5. The monoisotopic (exact) mass is 422 g/mol. The SMILES string of the molecule is Cc1noc(C)c1-c1cc(-c2c(C)nn(CCCC(N)=O)c2C)c2c(c1)[nH]c(=O)n2C. The highest BCUT2D eigenvalue weighted by Gasteiger charge is 2.22. The fraction of sp³-hybridized carbons (Fsp3) is 0.364. The zero-order valence-electron chi connectivity index (χ0n) is 18.4. The fourth-order valence-corrected chi connectivity index (χ4v) is 4.33. The van der Waals surface area contributed by atoms with Crippen molar-refractivity contribution in [3.63, 3.8) is 0 Å². The van der Waals surface area contributed by atoms with Gasteiger partial charge in [0.25, 0.3) is 0 Å². The first-order chi connectivity index (χ1) is 14.7. The summed E-state index contributed by atoms with van der Waals surface area (Å²) < 4.78 is 8.88. The Hall–Kier alpha value is -3.62. The van der Waals surface area contributed by atoms with Crippen molar-refractivity contribution in [2.75, 3.05) is 0 Å². The minimum absolute atomic E-state index is 0.184. The molecule has 0 atom stereocenters. The van der Waals surface area contributed by atoms with Gasteiger partial charge in [0.05, 0.1) is 22.4 Å². The number of benzene rings is 1. The molecule has 0 aliphatic carbocycles. The molecular formula is C22H26N6O3. The van der Waals surface area contributed by atoms with E-state index in [2.05, 4.69) is 16.2 Å². The van der Waals surface area contributed by atoms with Crippen LogP contribution in [-0.4, -0.2) is 30.4 Å². The number of rotatable bonds is 6. The number of fused-ring (bicyclic) bond motifs is 1. The number of amides is 1. The van der Waals surface area contributed by atoms with E-state index < -0.39 is 0 Å². The van der Waals surface area contributed by atoms with Crippen molar-refractivity contribution in [2.24, 2.45) is 12.8 Å². The Kier molecular flexibility index (Phi) is 5.04. The van der Waals surface area contributed by atoms with Crippen LogP contribution in [0, 0.1) is 27.7 Å². The first-order valence-corrected chi connectivity index (χ1v) is 10.2. The lowest BCUT2D eigenvalue weighted by atomic mass is 9.95. The van der Waals surface area contributed by atoms with Crippen LogP contribution in [0.1, 0.15) is 35.7 Å². The predicted octanol–water partition coefficient (Wildman–Crippen LogP) is 2.88. The standard InChI is InChI=1S/C22H26N6O3/c1-11-19(13(3)28(25-11)8-6-7-18(23)29)16-9-15(20-12(2)26-31-14(20)4)10-17-21(16)27(5)22(30)24-17/h9-10H,6-8H2,1-5H3,(H2,23,29)(H,24,30). The number of primary amides is 1. The predicted molar refractivity (Wildman–Crippen MR) is 118 cm³/mol. The summed E-state index contributed by atoms with van der Waals surface area (Å²) in [5.41, 5.74) is 12.9. The summed E-state index contributed by atoms with van der Waals surface area (Å²) in [6, 6.07) is 4.02. The van der Waals surface area contributed by atoms with Gasteiger partial charge in [0.15, 0.2) is 0 Å². The zero-order chi connectivity index (χ0) is 22.4. The molecule has 0 saturated carbocycles. The Labute approximate surface area is 178 Å². The van der Waals surface area contributed by atoms with E-state index in [1.165, 1.54) is 0 Å². The molecular weight excluding hydrogens is 396 g/mol. The van der Waals surface area contributed by atoms with Crippen molar-refractivity contribution in [1.82, 2.24) is 24.5 Å². The second-order valence-corrected chi connectivity index (χ2v) is 7.95. The number of hydrogen-bond acceptors (Lipinski definition) is 5. The molecule has 0 aliphatic rings. The normalized spacial score (nSPS) is 11.5. The first-order valence-electron chi connectivity index (χ1n) is 10.2. The van der Waals surface area contributed by atoms with Crippen LogP contribution < -0.4 is 11.4 Å². The molecule has 0 fully saturated rings. The molecule has 0 spiro atoms. The summed E-state index contributed by atoms with van der Waals surface area (Å²) in [5, 5.41) is 8.77. The Balaban J connectivity index is 1.94. The van der Waals surface area contributed by atoms with Crippen LogP contribution in [0.25, 0.3) is 33.3 Å². The van der Waals surface area contributed by atoms with Crippen molar-refractivity contribution in [3.05, 3.63) is 45.5 Å². The summed E-state index contributed by atoms with van der Waals surface area (Å²) in [6.45, 7) is 8.32. The van der Waals surface area contributed by atoms with Crippen LogP contribution in [0.3, 0.4) is 0 Å². The molecule has 4 rings (SSSR count). The Morgan fingerprint density at radius 1 is 1.16 bits per heavy atom. The molecule has 3 aromatic heterocycles. The number of H-pyrrole nitrogens is 1. The minimum Gasteiger partial charge on any atom is -0.370 e. The van der Waals surface area contributed by atoms with Gasteiger partial charge in [-0.25, -0.2) is 4.79 Å². The molecule has 0 unspecified atom stereocenters. The molecule has 0 bridgehead atoms. The molecule has 3 heterocycles. The van der Waals surface area contributed by atoms with E-state index in [4.69, 9.17) is 15.4 Å². The molecule has 0 radical (unpaired) electrons. The largest absolute Gasteiger partial charge is 0.370 e. The van der Waals surface area contributed by atoms with Gasteiger partial charge in [-0.1, -0.05) is 5.16 Å². The van der Waals surface area contributed by atoms with Crippen molar-refractivity contribution in [1.29, 1.82) is 0 Å². The lowest BCUT2D eigenvalue weighted by Gasteiger charge is -2.11. The average molecular weight is 422 g/mol. The number of aromatic amines is 1. The summed E-state index contributed by atoms with van der Waals surface area (Å²) in [7, 11) is 1.75. The van der Waals surface area contributed by atoms with E-state index in [9.17, 15) is 9.59 Å². The van der Waals surface area contributed by atoms with E-state index in [1.54, 1.807) is 11.6 Å². The van der Waals surface area contributed by atoms with Crippen LogP contribution >= 0.6 is 0 Å². The van der Waals surface area contributed by atoms with Crippen LogP contribution in [0.4, 0.5) is 0 Å². The van der Waals surface area contributed by atoms with E-state index in [0.717, 1.165) is 56.1 Å². The maximum Gasteiger partial charge on any atom is 0.326 e. The maximum atomic E-state index is 12.4. The van der Waals surface area contributed by atoms with Gasteiger partial charge in [-0.15, -0.1) is 0 Å². The molecule has 1 amide bonds. The number of aromatic nitrogens is 5. The minimum atomic E-state index is -0.321. The third-order valence-electron chi connectivity index (χ3n) is 5.76. The van der Waals surface area contributed by atoms with Gasteiger partial charge in [-0.05, 0) is 51.8 Å². The van der Waals surface area contributed by atoms with Crippen LogP contribution in [0.15, 0.2) is 21.5 Å². The van der Waals surface area contributed by atoms with Gasteiger partial charge in [0.1, 0.15) is 5.76 Å². The Bertz CT molecular complexity index is 1350. The van der Waals surface area contributed by atoms with Crippen LogP contribution in [-0.2, 0) is 18.4 Å².